The topological polar surface area (TPSA) is 175 Å². The Morgan fingerprint density at radius 2 is 1.93 bits per heavy atom. The number of likely N-dealkylation sites (tertiary alicyclic amines) is 1. The lowest BCUT2D eigenvalue weighted by molar-refractivity contribution is -0.119. The van der Waals surface area contributed by atoms with E-state index in [1.165, 1.54) is 0 Å². The van der Waals surface area contributed by atoms with Crippen LogP contribution in [0.3, 0.4) is 0 Å². The second-order valence-electron chi connectivity index (χ2n) is 14.2. The molecule has 3 aromatic heterocycles. The predicted molar refractivity (Wildman–Crippen MR) is 206 cm³/mol. The lowest BCUT2D eigenvalue weighted by Gasteiger charge is -2.20. The van der Waals surface area contributed by atoms with Crippen molar-refractivity contribution in [3.63, 3.8) is 0 Å². The molecule has 0 bridgehead atoms. The summed E-state index contributed by atoms with van der Waals surface area (Å²) in [6.45, 7) is 3.56. The summed E-state index contributed by atoms with van der Waals surface area (Å²) in [6, 6.07) is 15.8. The normalized spacial score (nSPS) is 19.5. The summed E-state index contributed by atoms with van der Waals surface area (Å²) in [6.07, 6.45) is 4.50. The van der Waals surface area contributed by atoms with Crippen LogP contribution in [0.1, 0.15) is 54.0 Å². The number of hydrogen-bond donors (Lipinski definition) is 4. The van der Waals surface area contributed by atoms with Gasteiger partial charge in [0.15, 0.2) is 16.6 Å². The maximum Gasteiger partial charge on any atom is 0.236 e. The van der Waals surface area contributed by atoms with Crippen LogP contribution < -0.4 is 25.6 Å². The molecule has 0 radical (unpaired) electrons. The summed E-state index contributed by atoms with van der Waals surface area (Å²) in [4.78, 5) is 23.0. The van der Waals surface area contributed by atoms with Gasteiger partial charge >= 0.3 is 0 Å². The first-order chi connectivity index (χ1) is 26.7. The second-order valence-corrected chi connectivity index (χ2v) is 15.0. The fourth-order valence-corrected chi connectivity index (χ4v) is 8.38. The average molecular weight is 784 g/mol. The van der Waals surface area contributed by atoms with Gasteiger partial charge in [0.05, 0.1) is 23.8 Å². The smallest absolute Gasteiger partial charge is 0.236 e. The van der Waals surface area contributed by atoms with E-state index < -0.39 is 0 Å². The Labute approximate surface area is 327 Å². The zero-order chi connectivity index (χ0) is 38.2. The molecule has 4 N–H and O–H groups in total. The minimum absolute atomic E-state index is 0.0668. The number of hydrogen-bond acceptors (Lipinski definition) is 11. The molecule has 13 nitrogen and oxygen atoms in total. The number of fused-ring (bicyclic) bond motifs is 2. The number of rotatable bonds is 12. The van der Waals surface area contributed by atoms with E-state index in [2.05, 4.69) is 26.6 Å². The summed E-state index contributed by atoms with van der Waals surface area (Å²) in [7, 11) is 1.57. The van der Waals surface area contributed by atoms with E-state index in [4.69, 9.17) is 47.5 Å². The number of nitrogens with zero attached hydrogens (tertiary/aromatic N) is 5. The van der Waals surface area contributed by atoms with E-state index >= 15 is 0 Å². The Kier molecular flexibility index (Phi) is 10.5. The molecule has 1 aliphatic carbocycles. The summed E-state index contributed by atoms with van der Waals surface area (Å²) in [5, 5.41) is 36.0. The lowest BCUT2D eigenvalue weighted by atomic mass is 9.95. The third-order valence-electron chi connectivity index (χ3n) is 10.6. The van der Waals surface area contributed by atoms with Gasteiger partial charge in [0.25, 0.3) is 0 Å². The van der Waals surface area contributed by atoms with Crippen LogP contribution in [0.15, 0.2) is 53.1 Å². The van der Waals surface area contributed by atoms with Gasteiger partial charge < -0.3 is 34.2 Å². The zero-order valence-corrected chi connectivity index (χ0v) is 31.7. The summed E-state index contributed by atoms with van der Waals surface area (Å²) in [5.41, 5.74) is 6.11. The minimum atomic E-state index is -0.329. The quantitative estimate of drug-likeness (QED) is 0.118. The molecule has 0 unspecified atom stereocenters. The fraction of sp³-hybridized carbons (Fsp3) is 0.375. The number of methoxy groups -OCH3 is 1. The Bertz CT molecular complexity index is 2390. The number of oxazole rings is 1. The van der Waals surface area contributed by atoms with Crippen LogP contribution >= 0.6 is 23.2 Å². The lowest BCUT2D eigenvalue weighted by Crippen LogP contribution is -2.37. The predicted octanol–water partition coefficient (Wildman–Crippen LogP) is 5.53. The molecule has 8 rings (SSSR count). The van der Waals surface area contributed by atoms with E-state index in [0.29, 0.717) is 72.9 Å². The average Bonchev–Trinajstić information content (AvgIpc) is 4.00. The molecule has 3 aliphatic rings. The van der Waals surface area contributed by atoms with Gasteiger partial charge in [-0.2, -0.15) is 10.2 Å². The van der Waals surface area contributed by atoms with Crippen molar-refractivity contribution in [1.29, 1.82) is 10.7 Å². The highest BCUT2D eigenvalue weighted by Gasteiger charge is 2.30. The third-order valence-corrected chi connectivity index (χ3v) is 11.3. The Hall–Kier alpha value is -4.97. The van der Waals surface area contributed by atoms with Crippen molar-refractivity contribution in [3.05, 3.63) is 86.4 Å². The molecule has 0 saturated carbocycles. The van der Waals surface area contributed by atoms with Gasteiger partial charge in [-0.05, 0) is 54.5 Å². The van der Waals surface area contributed by atoms with Crippen molar-refractivity contribution in [2.45, 2.75) is 63.4 Å². The molecule has 284 valence electrons. The van der Waals surface area contributed by atoms with Crippen molar-refractivity contribution in [1.82, 2.24) is 30.1 Å². The molecule has 5 aromatic rings. The van der Waals surface area contributed by atoms with E-state index in [9.17, 15) is 15.2 Å². The number of aliphatic hydroxyl groups excluding tert-OH is 1. The van der Waals surface area contributed by atoms with Gasteiger partial charge in [-0.1, -0.05) is 53.5 Å². The number of aliphatic hydroxyl groups is 1. The number of pyridine rings is 2. The van der Waals surface area contributed by atoms with Crippen molar-refractivity contribution in [3.8, 4) is 40.4 Å². The van der Waals surface area contributed by atoms with Gasteiger partial charge in [0, 0.05) is 69.1 Å². The molecule has 5 heterocycles. The molecular weight excluding hydrogens is 743 g/mol. The molecule has 2 saturated heterocycles. The molecule has 3 atom stereocenters. The van der Waals surface area contributed by atoms with Gasteiger partial charge in [-0.3, -0.25) is 15.1 Å². The van der Waals surface area contributed by atoms with Crippen LogP contribution in [0.25, 0.3) is 33.7 Å². The molecule has 2 fully saturated rings. The van der Waals surface area contributed by atoms with E-state index in [1.54, 1.807) is 17.9 Å². The largest absolute Gasteiger partial charge is 0.481 e. The van der Waals surface area contributed by atoms with Crippen LogP contribution in [0.2, 0.25) is 10.0 Å². The molecule has 55 heavy (non-hydrogen) atoms. The first kappa shape index (κ1) is 37.0. The fourth-order valence-electron chi connectivity index (χ4n) is 7.85. The Morgan fingerprint density at radius 3 is 2.69 bits per heavy atom. The molecule has 2 aliphatic heterocycles. The highest BCUT2D eigenvalue weighted by atomic mass is 35.5. The third kappa shape index (κ3) is 7.40. The number of carbonyl (C=O) groups excluding carboxylic acids is 1. The number of nitriles is 1. The van der Waals surface area contributed by atoms with Crippen LogP contribution in [-0.4, -0.2) is 75.9 Å². The van der Waals surface area contributed by atoms with Crippen molar-refractivity contribution in [2.75, 3.05) is 33.3 Å². The van der Waals surface area contributed by atoms with Crippen molar-refractivity contribution < 1.29 is 23.8 Å². The van der Waals surface area contributed by atoms with E-state index in [-0.39, 0.29) is 52.2 Å². The first-order valence-electron chi connectivity index (χ1n) is 18.4. The van der Waals surface area contributed by atoms with Crippen molar-refractivity contribution in [2.24, 2.45) is 0 Å². The SMILES string of the molecule is COc1nc(O[C@H]2CCc3c(-c4cccc(-c5nc6c(=N)n(CCNC[C@@H]7CCC(=O)N7)cc(C#N)c6o5)c4Cl)cccc32)c(Cl)cc1CN1CC[C@@H](O)C1. The molecule has 1 amide bonds. The number of amides is 1. The molecule has 2 aromatic carbocycles. The van der Waals surface area contributed by atoms with Gasteiger partial charge in [0.2, 0.25) is 23.6 Å². The highest BCUT2D eigenvalue weighted by Crippen LogP contribution is 2.45. The van der Waals surface area contributed by atoms with Crippen LogP contribution in [0, 0.1) is 16.7 Å². The summed E-state index contributed by atoms with van der Waals surface area (Å²) in [5.74, 6) is 1.02. The van der Waals surface area contributed by atoms with Crippen LogP contribution in [-0.2, 0) is 24.3 Å². The van der Waals surface area contributed by atoms with Gasteiger partial charge in [-0.25, -0.2) is 4.98 Å². The monoisotopic (exact) mass is 782 g/mol. The maximum absolute atomic E-state index is 11.5. The van der Waals surface area contributed by atoms with E-state index in [0.717, 1.165) is 53.6 Å². The number of ether oxygens (including phenoxy) is 2. The molecule has 15 heteroatoms. The summed E-state index contributed by atoms with van der Waals surface area (Å²) >= 11 is 13.9. The zero-order valence-electron chi connectivity index (χ0n) is 30.2. The summed E-state index contributed by atoms with van der Waals surface area (Å²) < 4.78 is 19.9. The molecule has 0 spiro atoms. The van der Waals surface area contributed by atoms with E-state index in [1.807, 2.05) is 42.5 Å². The number of carbonyl (C=O) groups is 1. The van der Waals surface area contributed by atoms with Gasteiger partial charge in [-0.15, -0.1) is 0 Å². The van der Waals surface area contributed by atoms with Gasteiger partial charge in [0.1, 0.15) is 22.8 Å². The highest BCUT2D eigenvalue weighted by molar-refractivity contribution is 6.36. The van der Waals surface area contributed by atoms with Crippen LogP contribution in [0.5, 0.6) is 11.8 Å². The first-order valence-corrected chi connectivity index (χ1v) is 19.2. The second kappa shape index (κ2) is 15.6. The number of β-amino-alcohol motifs (C(OH)–C–C–N with tert-alkyl or cyclic N) is 1. The number of nitrogens with one attached hydrogen (secondary N) is 3. The number of benzene rings is 2. The Morgan fingerprint density at radius 1 is 1.11 bits per heavy atom. The standard InChI is InChI=1S/C40H40Cl2N8O5/c1-53-38-22(19-49-14-12-25(51)21-49)16-31(41)40(48-38)54-32-10-9-27-26(4-2-5-28(27)32)29-6-3-7-30(34(29)42)39-47-35-36(55-39)23(17-43)20-50(37(35)44)15-13-45-18-24-8-11-33(52)46-24/h2-7,16,20,24-25,32,44-45,51H,8-15,18-19,21H2,1H3,(H,46,52)/t24-,25+,32-/m0/s1. The molecular formula is C40H40Cl2N8O5. The number of halogens is 2. The van der Waals surface area contributed by atoms with Crippen LogP contribution in [0.4, 0.5) is 0 Å². The number of aromatic nitrogens is 3. The minimum Gasteiger partial charge on any atom is -0.481 e. The van der Waals surface area contributed by atoms with Crippen molar-refractivity contribution >= 4 is 40.2 Å². The Balaban J connectivity index is 1.03. The maximum atomic E-state index is 11.5.